The third-order valence-corrected chi connectivity index (χ3v) is 3.33. The molecule has 2 aromatic carbocycles. The van der Waals surface area contributed by atoms with E-state index in [1.54, 1.807) is 13.8 Å². The van der Waals surface area contributed by atoms with Gasteiger partial charge in [0.15, 0.2) is 5.69 Å². The number of benzene rings is 2. The Kier molecular flexibility index (Phi) is 6.70. The Morgan fingerprint density at radius 1 is 0.926 bits per heavy atom. The fourth-order valence-corrected chi connectivity index (χ4v) is 2.09. The molecule has 0 N–H and O–H groups in total. The van der Waals surface area contributed by atoms with E-state index in [0.29, 0.717) is 11.3 Å². The highest BCUT2D eigenvalue weighted by molar-refractivity contribution is 5.91. The van der Waals surface area contributed by atoms with Gasteiger partial charge < -0.3 is 9.47 Å². The molecular weight excluding hydrogens is 354 g/mol. The number of nitrogens with zero attached hydrogens (tertiary/aromatic N) is 3. The van der Waals surface area contributed by atoms with Crippen LogP contribution in [0.15, 0.2) is 52.7 Å². The molecule has 27 heavy (non-hydrogen) atoms. The Balaban J connectivity index is 2.24. The third-order valence-electron chi connectivity index (χ3n) is 3.33. The summed E-state index contributed by atoms with van der Waals surface area (Å²) in [5.41, 5.74) is 0.434. The highest BCUT2D eigenvalue weighted by Gasteiger charge is 2.18. The second kappa shape index (κ2) is 9.18. The van der Waals surface area contributed by atoms with Crippen LogP contribution >= 0.6 is 0 Å². The zero-order chi connectivity index (χ0) is 19.8. The molecule has 0 saturated heterocycles. The molecule has 0 fully saturated rings. The SMILES string of the molecule is CCOC(=O)c1ccc(/N=N/c2ccc(C(=O)OCC)cc2[N+](=O)[O-])cc1. The predicted molar refractivity (Wildman–Crippen MR) is 95.6 cm³/mol. The van der Waals surface area contributed by atoms with Gasteiger partial charge in [-0.15, -0.1) is 5.11 Å². The molecule has 0 aliphatic rings. The molecule has 0 aliphatic heterocycles. The fraction of sp³-hybridized carbons (Fsp3) is 0.222. The second-order valence-corrected chi connectivity index (χ2v) is 5.15. The van der Waals surface area contributed by atoms with E-state index in [-0.39, 0.29) is 30.2 Å². The minimum atomic E-state index is -0.654. The van der Waals surface area contributed by atoms with Crippen LogP contribution in [-0.4, -0.2) is 30.1 Å². The van der Waals surface area contributed by atoms with Crippen LogP contribution < -0.4 is 0 Å². The Morgan fingerprint density at radius 3 is 2.04 bits per heavy atom. The van der Waals surface area contributed by atoms with Crippen molar-refractivity contribution in [2.45, 2.75) is 13.8 Å². The molecular formula is C18H17N3O6. The largest absolute Gasteiger partial charge is 0.462 e. The Morgan fingerprint density at radius 2 is 1.48 bits per heavy atom. The molecule has 0 radical (unpaired) electrons. The van der Waals surface area contributed by atoms with Gasteiger partial charge in [-0.3, -0.25) is 10.1 Å². The van der Waals surface area contributed by atoms with Crippen molar-refractivity contribution in [1.29, 1.82) is 0 Å². The summed E-state index contributed by atoms with van der Waals surface area (Å²) >= 11 is 0. The first-order valence-corrected chi connectivity index (χ1v) is 8.10. The lowest BCUT2D eigenvalue weighted by molar-refractivity contribution is -0.384. The van der Waals surface area contributed by atoms with Crippen LogP contribution in [0.1, 0.15) is 34.6 Å². The first-order valence-electron chi connectivity index (χ1n) is 8.10. The molecule has 0 amide bonds. The summed E-state index contributed by atoms with van der Waals surface area (Å²) in [6.07, 6.45) is 0. The van der Waals surface area contributed by atoms with Crippen LogP contribution in [0.4, 0.5) is 17.1 Å². The van der Waals surface area contributed by atoms with Gasteiger partial charge in [-0.25, -0.2) is 9.59 Å². The van der Waals surface area contributed by atoms with Crippen molar-refractivity contribution in [2.24, 2.45) is 10.2 Å². The molecule has 0 bridgehead atoms. The van der Waals surface area contributed by atoms with Gasteiger partial charge >= 0.3 is 11.9 Å². The summed E-state index contributed by atoms with van der Waals surface area (Å²) in [4.78, 5) is 33.9. The normalized spacial score (nSPS) is 10.6. The molecule has 0 heterocycles. The van der Waals surface area contributed by atoms with E-state index in [2.05, 4.69) is 10.2 Å². The first-order chi connectivity index (χ1) is 13.0. The van der Waals surface area contributed by atoms with Gasteiger partial charge in [0.1, 0.15) is 0 Å². The molecule has 140 valence electrons. The van der Waals surface area contributed by atoms with Crippen molar-refractivity contribution in [3.05, 3.63) is 63.7 Å². The molecule has 0 aliphatic carbocycles. The van der Waals surface area contributed by atoms with E-state index >= 15 is 0 Å². The van der Waals surface area contributed by atoms with Crippen LogP contribution in [0.2, 0.25) is 0 Å². The molecule has 9 nitrogen and oxygen atoms in total. The van der Waals surface area contributed by atoms with Gasteiger partial charge in [0.2, 0.25) is 0 Å². The molecule has 0 spiro atoms. The van der Waals surface area contributed by atoms with Crippen LogP contribution in [0.5, 0.6) is 0 Å². The lowest BCUT2D eigenvalue weighted by Crippen LogP contribution is -2.05. The Bertz CT molecular complexity index is 877. The average molecular weight is 371 g/mol. The zero-order valence-electron chi connectivity index (χ0n) is 14.7. The standard InChI is InChI=1S/C18H17N3O6/c1-3-26-17(22)12-5-8-14(9-6-12)19-20-15-10-7-13(18(23)27-4-2)11-16(15)21(24)25/h5-11H,3-4H2,1-2H3/b20-19+. The number of esters is 2. The first kappa shape index (κ1) is 19.7. The van der Waals surface area contributed by atoms with Gasteiger partial charge in [0.25, 0.3) is 5.69 Å². The quantitative estimate of drug-likeness (QED) is 0.308. The summed E-state index contributed by atoms with van der Waals surface area (Å²) in [5.74, 6) is -1.11. The molecule has 0 atom stereocenters. The monoisotopic (exact) mass is 371 g/mol. The molecule has 0 saturated carbocycles. The smallest absolute Gasteiger partial charge is 0.338 e. The fourth-order valence-electron chi connectivity index (χ4n) is 2.09. The van der Waals surface area contributed by atoms with Crippen LogP contribution in [0.25, 0.3) is 0 Å². The lowest BCUT2D eigenvalue weighted by atomic mass is 10.2. The van der Waals surface area contributed by atoms with Crippen molar-refractivity contribution in [1.82, 2.24) is 0 Å². The Labute approximate surface area is 154 Å². The van der Waals surface area contributed by atoms with E-state index in [1.165, 1.54) is 36.4 Å². The minimum Gasteiger partial charge on any atom is -0.462 e. The number of azo groups is 1. The molecule has 2 aromatic rings. The highest BCUT2D eigenvalue weighted by Crippen LogP contribution is 2.30. The maximum atomic E-state index is 11.7. The van der Waals surface area contributed by atoms with E-state index in [0.717, 1.165) is 6.07 Å². The van der Waals surface area contributed by atoms with Crippen molar-refractivity contribution >= 4 is 29.0 Å². The average Bonchev–Trinajstić information content (AvgIpc) is 2.67. The van der Waals surface area contributed by atoms with Gasteiger partial charge in [-0.1, -0.05) is 0 Å². The maximum Gasteiger partial charge on any atom is 0.338 e. The number of nitro groups is 1. The Hall–Kier alpha value is -3.62. The number of carbonyl (C=O) groups is 2. The number of carbonyl (C=O) groups excluding carboxylic acids is 2. The van der Waals surface area contributed by atoms with E-state index in [1.807, 2.05) is 0 Å². The van der Waals surface area contributed by atoms with Crippen molar-refractivity contribution in [2.75, 3.05) is 13.2 Å². The van der Waals surface area contributed by atoms with E-state index < -0.39 is 16.9 Å². The van der Waals surface area contributed by atoms with Crippen LogP contribution in [0.3, 0.4) is 0 Å². The van der Waals surface area contributed by atoms with E-state index in [9.17, 15) is 19.7 Å². The molecule has 2 rings (SSSR count). The molecule has 9 heteroatoms. The number of rotatable bonds is 7. The van der Waals surface area contributed by atoms with Crippen molar-refractivity contribution in [3.8, 4) is 0 Å². The number of nitro benzene ring substituents is 1. The van der Waals surface area contributed by atoms with Crippen LogP contribution in [-0.2, 0) is 9.47 Å². The maximum absolute atomic E-state index is 11.7. The summed E-state index contributed by atoms with van der Waals surface area (Å²) in [6.45, 7) is 3.78. The minimum absolute atomic E-state index is 0.0116. The summed E-state index contributed by atoms with van der Waals surface area (Å²) in [7, 11) is 0. The molecule has 0 aromatic heterocycles. The number of hydrogen-bond donors (Lipinski definition) is 0. The van der Waals surface area contributed by atoms with Crippen LogP contribution in [0, 0.1) is 10.1 Å². The van der Waals surface area contributed by atoms with Gasteiger partial charge in [-0.05, 0) is 50.2 Å². The third kappa shape index (κ3) is 5.18. The summed E-state index contributed by atoms with van der Waals surface area (Å²) < 4.78 is 9.71. The molecule has 0 unspecified atom stereocenters. The topological polar surface area (TPSA) is 120 Å². The van der Waals surface area contributed by atoms with Crippen molar-refractivity contribution < 1.29 is 24.0 Å². The predicted octanol–water partition coefficient (Wildman–Crippen LogP) is 4.36. The van der Waals surface area contributed by atoms with Crippen molar-refractivity contribution in [3.63, 3.8) is 0 Å². The second-order valence-electron chi connectivity index (χ2n) is 5.15. The van der Waals surface area contributed by atoms with Gasteiger partial charge in [-0.2, -0.15) is 5.11 Å². The van der Waals surface area contributed by atoms with Gasteiger partial charge in [0.05, 0.1) is 35.0 Å². The zero-order valence-corrected chi connectivity index (χ0v) is 14.7. The highest BCUT2D eigenvalue weighted by atomic mass is 16.6. The van der Waals surface area contributed by atoms with E-state index in [4.69, 9.17) is 9.47 Å². The number of ether oxygens (including phenoxy) is 2. The van der Waals surface area contributed by atoms with Gasteiger partial charge in [0, 0.05) is 6.07 Å². The lowest BCUT2D eigenvalue weighted by Gasteiger charge is -2.03. The summed E-state index contributed by atoms with van der Waals surface area (Å²) in [5, 5.41) is 19.0. The summed E-state index contributed by atoms with van der Waals surface area (Å²) in [6, 6.07) is 9.90. The number of hydrogen-bond acceptors (Lipinski definition) is 8.